The van der Waals surface area contributed by atoms with Crippen molar-refractivity contribution in [3.05, 3.63) is 41.0 Å². The molecule has 56 valence electrons. The third kappa shape index (κ3) is 1.49. The summed E-state index contributed by atoms with van der Waals surface area (Å²) < 4.78 is 25.2. The molecule has 0 radical (unpaired) electrons. The van der Waals surface area contributed by atoms with Crippen molar-refractivity contribution in [2.45, 2.75) is 6.54 Å². The Morgan fingerprint density at radius 2 is 1.91 bits per heavy atom. The summed E-state index contributed by atoms with van der Waals surface area (Å²) in [7, 11) is 0. The highest BCUT2D eigenvalue weighted by Gasteiger charge is 2.10. The molecule has 0 unspecified atom stereocenters. The van der Waals surface area contributed by atoms with Gasteiger partial charge in [-0.15, -0.1) is 0 Å². The van der Waals surface area contributed by atoms with Gasteiger partial charge in [0.05, 0.1) is 12.4 Å². The molecule has 1 aromatic rings. The summed E-state index contributed by atoms with van der Waals surface area (Å²) in [5, 5.41) is 0. The fourth-order valence-corrected chi connectivity index (χ4v) is 0.668. The molecule has 0 amide bonds. The second-order valence-corrected chi connectivity index (χ2v) is 1.90. The minimum absolute atomic E-state index is 0.213. The quantitative estimate of drug-likeness (QED) is 0.563. The topological polar surface area (TPSA) is 17.2 Å². The van der Waals surface area contributed by atoms with E-state index in [4.69, 9.17) is 6.57 Å². The Hall–Kier alpha value is -1.50. The average molecular weight is 154 g/mol. The number of rotatable bonds is 1. The van der Waals surface area contributed by atoms with Crippen LogP contribution in [0.4, 0.5) is 8.78 Å². The highest BCUT2D eigenvalue weighted by atomic mass is 19.1. The number of hydrogen-bond acceptors (Lipinski definition) is 1. The van der Waals surface area contributed by atoms with Gasteiger partial charge < -0.3 is 4.85 Å². The zero-order chi connectivity index (χ0) is 8.27. The van der Waals surface area contributed by atoms with E-state index < -0.39 is 11.6 Å². The molecule has 0 fully saturated rings. The van der Waals surface area contributed by atoms with Gasteiger partial charge in [0.25, 0.3) is 0 Å². The van der Waals surface area contributed by atoms with Crippen LogP contribution >= 0.6 is 0 Å². The molecule has 0 saturated carbocycles. The predicted octanol–water partition coefficient (Wildman–Crippen LogP) is 1.78. The predicted molar refractivity (Wildman–Crippen MR) is 34.5 cm³/mol. The molecule has 1 rings (SSSR count). The molecule has 0 N–H and O–H groups in total. The van der Waals surface area contributed by atoms with Crippen molar-refractivity contribution in [3.8, 4) is 0 Å². The van der Waals surface area contributed by atoms with E-state index in [9.17, 15) is 8.78 Å². The molecule has 2 nitrogen and oxygen atoms in total. The minimum Gasteiger partial charge on any atom is -0.312 e. The zero-order valence-corrected chi connectivity index (χ0v) is 5.51. The zero-order valence-electron chi connectivity index (χ0n) is 5.51. The van der Waals surface area contributed by atoms with Crippen molar-refractivity contribution in [1.29, 1.82) is 0 Å². The van der Waals surface area contributed by atoms with E-state index in [2.05, 4.69) is 9.83 Å². The van der Waals surface area contributed by atoms with E-state index in [0.717, 1.165) is 12.4 Å². The molecular weight excluding hydrogens is 150 g/mol. The summed E-state index contributed by atoms with van der Waals surface area (Å²) in [5.74, 6) is -1.53. The van der Waals surface area contributed by atoms with E-state index in [1.165, 1.54) is 0 Å². The van der Waals surface area contributed by atoms with Crippen molar-refractivity contribution in [1.82, 2.24) is 4.98 Å². The van der Waals surface area contributed by atoms with Crippen LogP contribution in [0.15, 0.2) is 12.4 Å². The molecule has 0 aliphatic rings. The van der Waals surface area contributed by atoms with E-state index in [1.54, 1.807) is 0 Å². The molecule has 0 aromatic carbocycles. The lowest BCUT2D eigenvalue weighted by atomic mass is 10.2. The van der Waals surface area contributed by atoms with Gasteiger partial charge in [0.15, 0.2) is 11.6 Å². The van der Waals surface area contributed by atoms with Crippen molar-refractivity contribution in [2.75, 3.05) is 0 Å². The summed E-state index contributed by atoms with van der Waals surface area (Å²) in [6.07, 6.45) is 1.78. The first-order valence-electron chi connectivity index (χ1n) is 2.87. The largest absolute Gasteiger partial charge is 0.312 e. The molecule has 1 aromatic heterocycles. The fourth-order valence-electron chi connectivity index (χ4n) is 0.668. The Morgan fingerprint density at radius 1 is 1.36 bits per heavy atom. The van der Waals surface area contributed by atoms with Crippen LogP contribution in [0.2, 0.25) is 0 Å². The normalized spacial score (nSPS) is 9.18. The highest BCUT2D eigenvalue weighted by molar-refractivity contribution is 5.16. The number of hydrogen-bond donors (Lipinski definition) is 0. The third-order valence-electron chi connectivity index (χ3n) is 1.19. The maximum absolute atomic E-state index is 12.6. The van der Waals surface area contributed by atoms with Gasteiger partial charge in [-0.2, -0.15) is 0 Å². The first-order valence-corrected chi connectivity index (χ1v) is 2.87. The summed E-state index contributed by atoms with van der Waals surface area (Å²) >= 11 is 0. The lowest BCUT2D eigenvalue weighted by Gasteiger charge is -1.94. The van der Waals surface area contributed by atoms with Gasteiger partial charge in [-0.1, -0.05) is 0 Å². The first-order chi connectivity index (χ1) is 5.25. The summed E-state index contributed by atoms with van der Waals surface area (Å²) in [6.45, 7) is 6.13. The lowest BCUT2D eigenvalue weighted by molar-refractivity contribution is 0.552. The molecular formula is C7H4F2N2. The number of aromatic nitrogens is 1. The summed E-state index contributed by atoms with van der Waals surface area (Å²) in [6, 6.07) is 0. The molecule has 1 heterocycles. The van der Waals surface area contributed by atoms with Crippen LogP contribution in [-0.4, -0.2) is 4.98 Å². The Kier molecular flexibility index (Phi) is 2.12. The maximum atomic E-state index is 12.6. The molecule has 0 atom stereocenters. The standard InChI is InChI=1S/C7H4F2N2/c1-10-2-5-6(8)3-11-4-7(5)9/h3-4H,2H2. The molecule has 0 saturated heterocycles. The smallest absolute Gasteiger partial charge is 0.245 e. The SMILES string of the molecule is [C-]#[N+]Cc1c(F)cncc1F. The Balaban J connectivity index is 3.12. The number of halogens is 2. The Bertz CT molecular complexity index is 284. The molecule has 0 spiro atoms. The van der Waals surface area contributed by atoms with Crippen LogP contribution in [0.3, 0.4) is 0 Å². The van der Waals surface area contributed by atoms with Gasteiger partial charge in [0.2, 0.25) is 6.54 Å². The lowest BCUT2D eigenvalue weighted by Crippen LogP contribution is -1.93. The van der Waals surface area contributed by atoms with E-state index in [0.29, 0.717) is 0 Å². The second-order valence-electron chi connectivity index (χ2n) is 1.90. The van der Waals surface area contributed by atoms with Gasteiger partial charge in [-0.25, -0.2) is 15.4 Å². The van der Waals surface area contributed by atoms with Crippen molar-refractivity contribution in [2.24, 2.45) is 0 Å². The Morgan fingerprint density at radius 3 is 2.36 bits per heavy atom. The molecule has 0 bridgehead atoms. The first kappa shape index (κ1) is 7.61. The van der Waals surface area contributed by atoms with Crippen LogP contribution in [0.1, 0.15) is 5.56 Å². The van der Waals surface area contributed by atoms with Crippen LogP contribution < -0.4 is 0 Å². The van der Waals surface area contributed by atoms with Crippen LogP contribution in [-0.2, 0) is 6.54 Å². The van der Waals surface area contributed by atoms with Crippen LogP contribution in [0, 0.1) is 18.2 Å². The van der Waals surface area contributed by atoms with Gasteiger partial charge in [-0.3, -0.25) is 4.98 Å². The van der Waals surface area contributed by atoms with E-state index >= 15 is 0 Å². The minimum atomic E-state index is -0.763. The monoisotopic (exact) mass is 154 g/mol. The number of pyridine rings is 1. The average Bonchev–Trinajstić information content (AvgIpc) is 1.97. The summed E-state index contributed by atoms with van der Waals surface area (Å²) in [4.78, 5) is 6.14. The summed E-state index contributed by atoms with van der Waals surface area (Å²) in [5.41, 5.74) is -0.213. The fraction of sp³-hybridized carbons (Fsp3) is 0.143. The molecule has 11 heavy (non-hydrogen) atoms. The van der Waals surface area contributed by atoms with Gasteiger partial charge >= 0.3 is 0 Å². The van der Waals surface area contributed by atoms with Crippen LogP contribution in [0.25, 0.3) is 4.85 Å². The van der Waals surface area contributed by atoms with Crippen molar-refractivity contribution < 1.29 is 8.78 Å². The van der Waals surface area contributed by atoms with Crippen molar-refractivity contribution in [3.63, 3.8) is 0 Å². The molecule has 0 aliphatic carbocycles. The van der Waals surface area contributed by atoms with E-state index in [-0.39, 0.29) is 12.1 Å². The maximum Gasteiger partial charge on any atom is 0.245 e. The second kappa shape index (κ2) is 3.06. The number of nitrogens with zero attached hydrogens (tertiary/aromatic N) is 2. The Labute approximate surface area is 62.3 Å². The van der Waals surface area contributed by atoms with E-state index in [1.807, 2.05) is 0 Å². The van der Waals surface area contributed by atoms with Gasteiger partial charge in [0, 0.05) is 0 Å². The molecule has 4 heteroatoms. The van der Waals surface area contributed by atoms with Crippen LogP contribution in [0.5, 0.6) is 0 Å². The molecule has 0 aliphatic heterocycles. The van der Waals surface area contributed by atoms with Crippen molar-refractivity contribution >= 4 is 0 Å². The van der Waals surface area contributed by atoms with Gasteiger partial charge in [0.1, 0.15) is 5.56 Å². The third-order valence-corrected chi connectivity index (χ3v) is 1.19. The highest BCUT2D eigenvalue weighted by Crippen LogP contribution is 2.10. The van der Waals surface area contributed by atoms with Gasteiger partial charge in [-0.05, 0) is 0 Å².